The fraction of sp³-hybridized carbons (Fsp3) is 0.115. The van der Waals surface area contributed by atoms with Crippen molar-refractivity contribution >= 4 is 44.9 Å². The summed E-state index contributed by atoms with van der Waals surface area (Å²) in [6.45, 7) is 4.25. The molecule has 5 aromatic rings. The number of benzene rings is 1. The van der Waals surface area contributed by atoms with Gasteiger partial charge in [0.05, 0.1) is 17.1 Å². The number of aromatic amines is 2. The molecule has 0 aliphatic carbocycles. The van der Waals surface area contributed by atoms with Crippen LogP contribution in [0.1, 0.15) is 23.9 Å². The topological polar surface area (TPSA) is 96.3 Å². The molecule has 0 saturated heterocycles. The number of rotatable bonds is 5. The van der Waals surface area contributed by atoms with Crippen LogP contribution in [0.3, 0.4) is 0 Å². The molecule has 4 aromatic heterocycles. The van der Waals surface area contributed by atoms with Gasteiger partial charge in [-0.15, -0.1) is 0 Å². The summed E-state index contributed by atoms with van der Waals surface area (Å²) in [4.78, 5) is 12.7. The Balaban J connectivity index is 1.62. The van der Waals surface area contributed by atoms with E-state index in [0.717, 1.165) is 56.1 Å². The van der Waals surface area contributed by atoms with Crippen molar-refractivity contribution in [3.63, 3.8) is 0 Å². The lowest BCUT2D eigenvalue weighted by Gasteiger charge is -2.08. The molecular formula is C26H23IN6. The highest BCUT2D eigenvalue weighted by Crippen LogP contribution is 2.34. The maximum atomic E-state index is 5.98. The van der Waals surface area contributed by atoms with E-state index in [1.165, 1.54) is 0 Å². The van der Waals surface area contributed by atoms with Gasteiger partial charge in [0.25, 0.3) is 0 Å². The monoisotopic (exact) mass is 546 g/mol. The fourth-order valence-corrected chi connectivity index (χ4v) is 4.38. The number of aryl methyl sites for hydroxylation is 1. The molecule has 1 aromatic carbocycles. The zero-order valence-corrected chi connectivity index (χ0v) is 20.5. The predicted octanol–water partition coefficient (Wildman–Crippen LogP) is 6.16. The summed E-state index contributed by atoms with van der Waals surface area (Å²) in [5.74, 6) is 0. The Labute approximate surface area is 205 Å². The van der Waals surface area contributed by atoms with Crippen molar-refractivity contribution in [1.29, 1.82) is 0 Å². The number of nitrogens with one attached hydrogen (secondary N) is 2. The van der Waals surface area contributed by atoms with Gasteiger partial charge in [-0.2, -0.15) is 5.10 Å². The number of pyridine rings is 2. The van der Waals surface area contributed by atoms with Crippen LogP contribution in [-0.2, 0) is 0 Å². The van der Waals surface area contributed by atoms with Crippen LogP contribution in [0.5, 0.6) is 0 Å². The first kappa shape index (κ1) is 21.4. The smallest absolute Gasteiger partial charge is 0.181 e. The zero-order chi connectivity index (χ0) is 22.9. The number of aromatic nitrogens is 5. The summed E-state index contributed by atoms with van der Waals surface area (Å²) in [5, 5.41) is 8.56. The van der Waals surface area contributed by atoms with Gasteiger partial charge in [-0.25, -0.2) is 4.98 Å². The van der Waals surface area contributed by atoms with Crippen molar-refractivity contribution in [1.82, 2.24) is 25.1 Å². The number of hydrogen-bond donors (Lipinski definition) is 3. The summed E-state index contributed by atoms with van der Waals surface area (Å²) in [6, 6.07) is 18.1. The van der Waals surface area contributed by atoms with Crippen molar-refractivity contribution in [2.75, 3.05) is 5.73 Å². The number of alkyl halides is 1. The normalized spacial score (nSPS) is 12.9. The van der Waals surface area contributed by atoms with E-state index in [1.54, 1.807) is 0 Å². The van der Waals surface area contributed by atoms with Gasteiger partial charge < -0.3 is 10.7 Å². The van der Waals surface area contributed by atoms with Crippen LogP contribution in [0.4, 0.5) is 5.69 Å². The quantitative estimate of drug-likeness (QED) is 0.140. The Kier molecular flexibility index (Phi) is 5.72. The Bertz CT molecular complexity index is 1460. The van der Waals surface area contributed by atoms with Gasteiger partial charge in [-0.3, -0.25) is 10.1 Å². The summed E-state index contributed by atoms with van der Waals surface area (Å²) >= 11 is 2.42. The minimum atomic E-state index is 0.357. The lowest BCUT2D eigenvalue weighted by Crippen LogP contribution is -1.95. The molecule has 0 fully saturated rings. The number of nitrogens with two attached hydrogens (primary N) is 1. The summed E-state index contributed by atoms with van der Waals surface area (Å²) < 4.78 is 0.357. The highest BCUT2D eigenvalue weighted by atomic mass is 127. The molecule has 0 amide bonds. The first-order chi connectivity index (χ1) is 16.0. The molecule has 6 nitrogen and oxygen atoms in total. The molecule has 33 heavy (non-hydrogen) atoms. The van der Waals surface area contributed by atoms with Crippen molar-refractivity contribution in [3.8, 4) is 22.5 Å². The molecule has 7 heteroatoms. The van der Waals surface area contributed by atoms with Crippen LogP contribution >= 0.6 is 22.6 Å². The minimum Gasteiger partial charge on any atom is -0.399 e. The van der Waals surface area contributed by atoms with E-state index in [1.807, 2.05) is 54.9 Å². The van der Waals surface area contributed by atoms with Crippen LogP contribution in [0, 0.1) is 6.92 Å². The van der Waals surface area contributed by atoms with Gasteiger partial charge in [0, 0.05) is 49.8 Å². The SMILES string of the molecule is Cc1[nH]c(-c2[nH]nc3ncc(-c4cccc(N)c4)cc23)cc1/C(=C\[C@@H](C)I)c1ccccn1. The van der Waals surface area contributed by atoms with E-state index >= 15 is 0 Å². The molecule has 0 bridgehead atoms. The summed E-state index contributed by atoms with van der Waals surface area (Å²) in [5.41, 5.74) is 15.5. The maximum Gasteiger partial charge on any atom is 0.181 e. The highest BCUT2D eigenvalue weighted by Gasteiger charge is 2.17. The lowest BCUT2D eigenvalue weighted by molar-refractivity contribution is 1.09. The van der Waals surface area contributed by atoms with Crippen molar-refractivity contribution in [2.45, 2.75) is 17.8 Å². The largest absolute Gasteiger partial charge is 0.399 e. The first-order valence-corrected chi connectivity index (χ1v) is 11.9. The van der Waals surface area contributed by atoms with Gasteiger partial charge in [0.15, 0.2) is 5.65 Å². The highest BCUT2D eigenvalue weighted by molar-refractivity contribution is 14.1. The number of H-pyrrole nitrogens is 2. The summed E-state index contributed by atoms with van der Waals surface area (Å²) in [6.07, 6.45) is 5.90. The van der Waals surface area contributed by atoms with Crippen LogP contribution in [0.15, 0.2) is 73.1 Å². The molecule has 164 valence electrons. The van der Waals surface area contributed by atoms with Gasteiger partial charge in [-0.05, 0) is 55.8 Å². The van der Waals surface area contributed by atoms with Gasteiger partial charge in [0.2, 0.25) is 0 Å². The fourth-order valence-electron chi connectivity index (χ4n) is 4.02. The van der Waals surface area contributed by atoms with E-state index in [-0.39, 0.29) is 0 Å². The molecule has 0 aliphatic rings. The third-order valence-corrected chi connectivity index (χ3v) is 5.90. The standard InChI is InChI=1S/C26H23IN6/c1-15(27)10-21(23-8-3-4-9-29-23)20-13-24(31-16(20)2)25-22-12-18(14-30-26(22)33-32-25)17-6-5-7-19(28)11-17/h3-15,31H,28H2,1-2H3,(H,30,32,33)/b21-10+/t15-/m1/s1. The second-order valence-corrected chi connectivity index (χ2v) is 9.98. The minimum absolute atomic E-state index is 0.357. The molecule has 5 rings (SSSR count). The van der Waals surface area contributed by atoms with E-state index in [0.29, 0.717) is 9.57 Å². The van der Waals surface area contributed by atoms with Gasteiger partial charge in [-0.1, -0.05) is 46.9 Å². The van der Waals surface area contributed by atoms with E-state index in [9.17, 15) is 0 Å². The number of fused-ring (bicyclic) bond motifs is 1. The Morgan fingerprint density at radius 1 is 1.06 bits per heavy atom. The molecule has 0 saturated carbocycles. The first-order valence-electron chi connectivity index (χ1n) is 10.7. The molecular weight excluding hydrogens is 523 g/mol. The van der Waals surface area contributed by atoms with E-state index in [2.05, 4.69) is 79.8 Å². The number of anilines is 1. The Morgan fingerprint density at radius 3 is 2.70 bits per heavy atom. The second kappa shape index (κ2) is 8.82. The average Bonchev–Trinajstić information content (AvgIpc) is 3.40. The average molecular weight is 546 g/mol. The number of allylic oxidation sites excluding steroid dienone is 1. The van der Waals surface area contributed by atoms with Crippen LogP contribution in [0.2, 0.25) is 0 Å². The molecule has 1 atom stereocenters. The van der Waals surface area contributed by atoms with Gasteiger partial charge in [0.1, 0.15) is 0 Å². The molecule has 0 unspecified atom stereocenters. The Morgan fingerprint density at radius 2 is 1.94 bits per heavy atom. The van der Waals surface area contributed by atoms with E-state index < -0.39 is 0 Å². The van der Waals surface area contributed by atoms with Crippen molar-refractivity contribution in [2.24, 2.45) is 0 Å². The predicted molar refractivity (Wildman–Crippen MR) is 143 cm³/mol. The summed E-state index contributed by atoms with van der Waals surface area (Å²) in [7, 11) is 0. The number of nitrogens with zero attached hydrogens (tertiary/aromatic N) is 3. The zero-order valence-electron chi connectivity index (χ0n) is 18.3. The number of hydrogen-bond acceptors (Lipinski definition) is 4. The van der Waals surface area contributed by atoms with E-state index in [4.69, 9.17) is 5.73 Å². The lowest BCUT2D eigenvalue weighted by atomic mass is 10.0. The molecule has 4 heterocycles. The van der Waals surface area contributed by atoms with Crippen molar-refractivity contribution < 1.29 is 0 Å². The van der Waals surface area contributed by atoms with Crippen molar-refractivity contribution in [3.05, 3.63) is 90.0 Å². The molecule has 4 N–H and O–H groups in total. The van der Waals surface area contributed by atoms with Crippen LogP contribution in [0.25, 0.3) is 39.1 Å². The van der Waals surface area contributed by atoms with Gasteiger partial charge >= 0.3 is 0 Å². The maximum absolute atomic E-state index is 5.98. The third kappa shape index (κ3) is 4.28. The third-order valence-electron chi connectivity index (χ3n) is 5.54. The molecule has 0 spiro atoms. The van der Waals surface area contributed by atoms with Crippen LogP contribution < -0.4 is 5.73 Å². The molecule has 0 radical (unpaired) electrons. The van der Waals surface area contributed by atoms with Crippen LogP contribution in [-0.4, -0.2) is 29.1 Å². The number of halogens is 1. The molecule has 0 aliphatic heterocycles. The second-order valence-electron chi connectivity index (χ2n) is 8.01. The Hall–Kier alpha value is -3.46. The number of nitrogen functional groups attached to an aromatic ring is 1.